The molecule has 8 aromatic heterocycles. The number of nitrogen functional groups attached to an aromatic ring is 2. The lowest BCUT2D eigenvalue weighted by Gasteiger charge is -2.11. The largest absolute Gasteiger partial charge is 0.383 e. The van der Waals surface area contributed by atoms with Gasteiger partial charge in [-0.15, -0.1) is 0 Å². The van der Waals surface area contributed by atoms with Gasteiger partial charge < -0.3 is 22.1 Å². The van der Waals surface area contributed by atoms with E-state index in [0.717, 1.165) is 44.4 Å². The Hall–Kier alpha value is -8.64. The number of carbonyl (C=O) groups excluding carboxylic acids is 2. The quantitative estimate of drug-likeness (QED) is 0.110. The van der Waals surface area contributed by atoms with Crippen LogP contribution in [-0.4, -0.2) is 62.1 Å². The van der Waals surface area contributed by atoms with Crippen molar-refractivity contribution in [2.24, 2.45) is 23.7 Å². The van der Waals surface area contributed by atoms with Crippen LogP contribution in [0.25, 0.3) is 66.6 Å². The molecule has 2 saturated carbocycles. The Labute approximate surface area is 340 Å². The Balaban J connectivity index is 0.000000154. The molecule has 8 aromatic rings. The standard InChI is InChI=1S/2C21H16N8O/c2*22-8-12-5-14(12)21(30)28-19-7-11-6-18(27-20(23)15(11)10-25-19)16-9-24-3-1-13(16)17-2-4-26-29-17/h2*1-4,6-7,9-10,12,14H,5H2,(H2,23,27)(H,26,29)(H,25,28,30)/t2*12-,14+/m10/s1. The Morgan fingerprint density at radius 1 is 0.617 bits per heavy atom. The first-order valence-corrected chi connectivity index (χ1v) is 18.7. The van der Waals surface area contributed by atoms with Gasteiger partial charge in [0.1, 0.15) is 23.3 Å². The maximum Gasteiger partial charge on any atom is 0.230 e. The Bertz CT molecular complexity index is 2820. The number of aromatic amines is 2. The zero-order valence-electron chi connectivity index (χ0n) is 31.4. The van der Waals surface area contributed by atoms with E-state index in [-0.39, 0.29) is 35.5 Å². The molecule has 60 heavy (non-hydrogen) atoms. The van der Waals surface area contributed by atoms with Gasteiger partial charge in [0.2, 0.25) is 11.8 Å². The van der Waals surface area contributed by atoms with Crippen molar-refractivity contribution in [3.63, 3.8) is 0 Å². The summed E-state index contributed by atoms with van der Waals surface area (Å²) >= 11 is 0. The van der Waals surface area contributed by atoms with Gasteiger partial charge in [0.05, 0.1) is 58.6 Å². The molecular weight excluding hydrogens is 761 g/mol. The van der Waals surface area contributed by atoms with Gasteiger partial charge in [-0.25, -0.2) is 19.9 Å². The molecule has 18 nitrogen and oxygen atoms in total. The molecular formula is C42H32N16O2. The number of pyridine rings is 6. The third-order valence-electron chi connectivity index (χ3n) is 10.4. The van der Waals surface area contributed by atoms with E-state index >= 15 is 0 Å². The number of carbonyl (C=O) groups is 2. The van der Waals surface area contributed by atoms with Crippen molar-refractivity contribution < 1.29 is 9.59 Å². The minimum atomic E-state index is -0.266. The van der Waals surface area contributed by atoms with E-state index in [2.05, 4.69) is 73.1 Å². The topological polar surface area (TPSA) is 293 Å². The maximum atomic E-state index is 12.3. The van der Waals surface area contributed by atoms with Crippen molar-refractivity contribution in [2.45, 2.75) is 12.8 Å². The molecule has 8 N–H and O–H groups in total. The Kier molecular flexibility index (Phi) is 9.47. The summed E-state index contributed by atoms with van der Waals surface area (Å²) in [6, 6.07) is 19.0. The van der Waals surface area contributed by atoms with Crippen molar-refractivity contribution >= 4 is 56.6 Å². The summed E-state index contributed by atoms with van der Waals surface area (Å²) in [5.74, 6) is 0.162. The molecule has 2 aliphatic rings. The van der Waals surface area contributed by atoms with Gasteiger partial charge in [0.15, 0.2) is 0 Å². The molecule has 0 radical (unpaired) electrons. The number of H-pyrrole nitrogens is 2. The fourth-order valence-corrected chi connectivity index (χ4v) is 6.93. The Morgan fingerprint density at radius 2 is 1.07 bits per heavy atom. The van der Waals surface area contributed by atoms with Crippen molar-refractivity contribution in [3.05, 3.63) is 98.1 Å². The average molecular weight is 793 g/mol. The molecule has 0 spiro atoms. The van der Waals surface area contributed by atoms with E-state index in [1.807, 2.05) is 36.4 Å². The number of hydrogen-bond donors (Lipinski definition) is 6. The number of aromatic nitrogens is 10. The van der Waals surface area contributed by atoms with Crippen LogP contribution in [0.4, 0.5) is 23.3 Å². The van der Waals surface area contributed by atoms with Crippen molar-refractivity contribution in [1.82, 2.24) is 50.3 Å². The van der Waals surface area contributed by atoms with Gasteiger partial charge in [-0.05, 0) is 72.1 Å². The SMILES string of the molecule is N#C[C@@H]1C[C@H]1C(=O)Nc1cc2cc(-c3cnccc3-c3ccn[nH]3)nc(N)c2cn1.N#C[C@H]1C[C@@H]1C(=O)Nc1cc2cc(-c3cnccc3-c3ccn[nH]3)nc(N)c2cn1. The molecule has 0 unspecified atom stereocenters. The molecule has 0 aliphatic heterocycles. The number of nitrogens with one attached hydrogen (secondary N) is 4. The molecule has 8 heterocycles. The average Bonchev–Trinajstić information content (AvgIpc) is 4.09. The monoisotopic (exact) mass is 792 g/mol. The van der Waals surface area contributed by atoms with E-state index in [9.17, 15) is 9.59 Å². The van der Waals surface area contributed by atoms with E-state index in [0.29, 0.717) is 58.3 Å². The summed E-state index contributed by atoms with van der Waals surface area (Å²) in [6.45, 7) is 0. The molecule has 2 fully saturated rings. The molecule has 292 valence electrons. The fourth-order valence-electron chi connectivity index (χ4n) is 6.93. The zero-order chi connectivity index (χ0) is 41.3. The third kappa shape index (κ3) is 7.35. The predicted octanol–water partition coefficient (Wildman–Crippen LogP) is 5.52. The van der Waals surface area contributed by atoms with E-state index < -0.39 is 0 Å². The van der Waals surface area contributed by atoms with Crippen LogP contribution < -0.4 is 22.1 Å². The van der Waals surface area contributed by atoms with Crippen LogP contribution in [0.15, 0.2) is 98.1 Å². The normalized spacial score (nSPS) is 17.4. The van der Waals surface area contributed by atoms with Crippen molar-refractivity contribution in [1.29, 1.82) is 10.5 Å². The van der Waals surface area contributed by atoms with Gasteiger partial charge in [0.25, 0.3) is 0 Å². The number of fused-ring (bicyclic) bond motifs is 2. The van der Waals surface area contributed by atoms with Gasteiger partial charge >= 0.3 is 0 Å². The number of nitrogens with two attached hydrogens (primary N) is 2. The minimum Gasteiger partial charge on any atom is -0.383 e. The van der Waals surface area contributed by atoms with Gasteiger partial charge in [0, 0.05) is 82.6 Å². The summed E-state index contributed by atoms with van der Waals surface area (Å²) in [5, 5.41) is 40.3. The molecule has 0 bridgehead atoms. The second-order valence-corrected chi connectivity index (χ2v) is 14.3. The zero-order valence-corrected chi connectivity index (χ0v) is 31.4. The van der Waals surface area contributed by atoms with Crippen LogP contribution in [0.5, 0.6) is 0 Å². The highest BCUT2D eigenvalue weighted by Crippen LogP contribution is 2.40. The van der Waals surface area contributed by atoms with Gasteiger partial charge in [-0.3, -0.25) is 29.8 Å². The summed E-state index contributed by atoms with van der Waals surface area (Å²) in [6.07, 6.45) is 14.6. The number of nitriles is 2. The fraction of sp³-hybridized carbons (Fsp3) is 0.143. The highest BCUT2D eigenvalue weighted by Gasteiger charge is 2.44. The first kappa shape index (κ1) is 37.0. The molecule has 18 heteroatoms. The molecule has 0 saturated heterocycles. The lowest BCUT2D eigenvalue weighted by atomic mass is 10.0. The first-order chi connectivity index (χ1) is 29.3. The molecule has 4 atom stereocenters. The molecule has 2 aliphatic carbocycles. The van der Waals surface area contributed by atoms with Crippen LogP contribution in [0.2, 0.25) is 0 Å². The third-order valence-corrected chi connectivity index (χ3v) is 10.4. The molecule has 10 rings (SSSR count). The second-order valence-electron chi connectivity index (χ2n) is 14.3. The van der Waals surface area contributed by atoms with Crippen LogP contribution in [-0.2, 0) is 9.59 Å². The van der Waals surface area contributed by atoms with Crippen molar-refractivity contribution in [3.8, 4) is 57.2 Å². The summed E-state index contributed by atoms with van der Waals surface area (Å²) in [7, 11) is 0. The predicted molar refractivity (Wildman–Crippen MR) is 221 cm³/mol. The number of nitrogens with zero attached hydrogens (tertiary/aromatic N) is 10. The smallest absolute Gasteiger partial charge is 0.230 e. The van der Waals surface area contributed by atoms with Crippen LogP contribution in [0.3, 0.4) is 0 Å². The number of anilines is 4. The summed E-state index contributed by atoms with van der Waals surface area (Å²) in [4.78, 5) is 50.6. The minimum absolute atomic E-state index is 0.190. The number of rotatable bonds is 8. The van der Waals surface area contributed by atoms with Crippen LogP contribution in [0, 0.1) is 46.3 Å². The number of amides is 2. The highest BCUT2D eigenvalue weighted by atomic mass is 16.2. The maximum absolute atomic E-state index is 12.3. The lowest BCUT2D eigenvalue weighted by molar-refractivity contribution is -0.118. The molecule has 0 aromatic carbocycles. The van der Waals surface area contributed by atoms with Gasteiger partial charge in [-0.2, -0.15) is 20.7 Å². The summed E-state index contributed by atoms with van der Waals surface area (Å²) in [5.41, 5.74) is 18.7. The van der Waals surface area contributed by atoms with Gasteiger partial charge in [-0.1, -0.05) is 0 Å². The lowest BCUT2D eigenvalue weighted by Crippen LogP contribution is -2.15. The Morgan fingerprint density at radius 3 is 1.45 bits per heavy atom. The number of hydrogen-bond acceptors (Lipinski definition) is 14. The van der Waals surface area contributed by atoms with Crippen LogP contribution in [0.1, 0.15) is 12.8 Å². The highest BCUT2D eigenvalue weighted by molar-refractivity contribution is 6.00. The van der Waals surface area contributed by atoms with Crippen molar-refractivity contribution in [2.75, 3.05) is 22.1 Å². The molecule has 2 amide bonds. The first-order valence-electron chi connectivity index (χ1n) is 18.7. The van der Waals surface area contributed by atoms with E-state index in [1.54, 1.807) is 61.7 Å². The van der Waals surface area contributed by atoms with E-state index in [1.165, 1.54) is 0 Å². The van der Waals surface area contributed by atoms with E-state index in [4.69, 9.17) is 22.0 Å². The van der Waals surface area contributed by atoms with Crippen LogP contribution >= 0.6 is 0 Å². The second kappa shape index (κ2) is 15.4. The summed E-state index contributed by atoms with van der Waals surface area (Å²) < 4.78 is 0.